The number of hydrogen-bond donors (Lipinski definition) is 2. The van der Waals surface area contributed by atoms with Crippen molar-refractivity contribution in [3.63, 3.8) is 0 Å². The second kappa shape index (κ2) is 8.42. The molecule has 2 N–H and O–H groups in total. The quantitative estimate of drug-likeness (QED) is 0.301. The Morgan fingerprint density at radius 1 is 1.03 bits per heavy atom. The van der Waals surface area contributed by atoms with Crippen LogP contribution < -0.4 is 5.32 Å². The largest absolute Gasteiger partial charge is 0.493 e. The number of para-hydroxylation sites is 2. The van der Waals surface area contributed by atoms with E-state index in [0.29, 0.717) is 12.2 Å². The summed E-state index contributed by atoms with van der Waals surface area (Å²) in [5.74, 6) is -0.326. The molecule has 30 heavy (non-hydrogen) atoms. The van der Waals surface area contributed by atoms with Crippen molar-refractivity contribution in [1.82, 2.24) is 4.57 Å². The Morgan fingerprint density at radius 2 is 1.73 bits per heavy atom. The molecular weight excluding hydrogens is 399 g/mol. The van der Waals surface area contributed by atoms with E-state index in [-0.39, 0.29) is 16.8 Å². The average Bonchev–Trinajstić information content (AvgIpc) is 3.01. The average molecular weight is 418 g/mol. The molecule has 0 atom stereocenters. The first-order valence-corrected chi connectivity index (χ1v) is 9.77. The van der Waals surface area contributed by atoms with Crippen molar-refractivity contribution >= 4 is 39.6 Å². The zero-order valence-electron chi connectivity index (χ0n) is 16.2. The zero-order valence-corrected chi connectivity index (χ0v) is 17.0. The highest BCUT2D eigenvalue weighted by atomic mass is 32.1. The molecule has 0 saturated heterocycles. The normalized spacial score (nSPS) is 11.3. The van der Waals surface area contributed by atoms with E-state index in [1.165, 1.54) is 12.1 Å². The number of anilines is 1. The van der Waals surface area contributed by atoms with Gasteiger partial charge in [-0.25, -0.2) is 4.39 Å². The summed E-state index contributed by atoms with van der Waals surface area (Å²) >= 11 is 5.29. The lowest BCUT2D eigenvalue weighted by Crippen LogP contribution is -2.06. The maximum Gasteiger partial charge on any atom is 0.221 e. The maximum absolute atomic E-state index is 13.2. The van der Waals surface area contributed by atoms with Gasteiger partial charge in [0.2, 0.25) is 11.0 Å². The van der Waals surface area contributed by atoms with Gasteiger partial charge in [-0.15, -0.1) is 10.2 Å². The van der Waals surface area contributed by atoms with Gasteiger partial charge in [0.25, 0.3) is 0 Å². The number of aromatic hydroxyl groups is 1. The van der Waals surface area contributed by atoms with E-state index in [2.05, 4.69) is 15.5 Å². The van der Waals surface area contributed by atoms with E-state index in [9.17, 15) is 9.50 Å². The molecule has 3 aromatic carbocycles. The summed E-state index contributed by atoms with van der Waals surface area (Å²) in [6.45, 7) is 2.34. The minimum absolute atomic E-state index is 0.0250. The number of fused-ring (bicyclic) bond motifs is 1. The molecule has 0 aliphatic carbocycles. The van der Waals surface area contributed by atoms with Crippen molar-refractivity contribution in [1.29, 1.82) is 0 Å². The van der Waals surface area contributed by atoms with Gasteiger partial charge >= 0.3 is 0 Å². The van der Waals surface area contributed by atoms with Crippen molar-refractivity contribution in [3.8, 4) is 5.88 Å². The van der Waals surface area contributed by atoms with Crippen molar-refractivity contribution in [2.45, 2.75) is 13.5 Å². The van der Waals surface area contributed by atoms with Gasteiger partial charge in [0, 0.05) is 11.1 Å². The number of halogens is 1. The third kappa shape index (κ3) is 4.06. The number of nitrogens with zero attached hydrogens (tertiary/aromatic N) is 3. The highest BCUT2D eigenvalue weighted by Gasteiger charge is 2.17. The maximum atomic E-state index is 13.2. The molecule has 150 valence electrons. The Morgan fingerprint density at radius 3 is 2.50 bits per heavy atom. The van der Waals surface area contributed by atoms with Gasteiger partial charge < -0.3 is 15.0 Å². The van der Waals surface area contributed by atoms with Crippen LogP contribution in [-0.2, 0) is 6.54 Å². The van der Waals surface area contributed by atoms with Gasteiger partial charge in [0.1, 0.15) is 5.82 Å². The van der Waals surface area contributed by atoms with Crippen molar-refractivity contribution < 1.29 is 9.50 Å². The molecule has 0 saturated carbocycles. The topological polar surface area (TPSA) is 61.9 Å². The first-order chi connectivity index (χ1) is 14.5. The summed E-state index contributed by atoms with van der Waals surface area (Å²) in [6, 6.07) is 21.4. The first kappa shape index (κ1) is 19.7. The Bertz CT molecular complexity index is 1250. The Balaban J connectivity index is 1.65. The van der Waals surface area contributed by atoms with E-state index in [4.69, 9.17) is 12.2 Å². The van der Waals surface area contributed by atoms with Crippen LogP contribution in [0.15, 0.2) is 83.0 Å². The van der Waals surface area contributed by atoms with Crippen LogP contribution in [0.4, 0.5) is 15.8 Å². The van der Waals surface area contributed by atoms with E-state index in [1.54, 1.807) is 16.7 Å². The van der Waals surface area contributed by atoms with Gasteiger partial charge in [-0.2, -0.15) is 0 Å². The number of aromatic nitrogens is 1. The molecule has 0 radical (unpaired) electrons. The minimum atomic E-state index is -0.301. The van der Waals surface area contributed by atoms with Gasteiger partial charge in [-0.3, -0.25) is 0 Å². The molecule has 0 aliphatic heterocycles. The summed E-state index contributed by atoms with van der Waals surface area (Å²) in [5, 5.41) is 23.2. The molecule has 5 nitrogen and oxygen atoms in total. The molecule has 1 heterocycles. The predicted molar refractivity (Wildman–Crippen MR) is 121 cm³/mol. The molecule has 0 unspecified atom stereocenters. The lowest BCUT2D eigenvalue weighted by Gasteiger charge is -2.07. The van der Waals surface area contributed by atoms with Crippen LogP contribution in [0.2, 0.25) is 0 Å². The minimum Gasteiger partial charge on any atom is -0.493 e. The highest BCUT2D eigenvalue weighted by molar-refractivity contribution is 7.80. The smallest absolute Gasteiger partial charge is 0.221 e. The first-order valence-electron chi connectivity index (χ1n) is 9.36. The fraction of sp³-hybridized carbons (Fsp3) is 0.0870. The molecule has 1 aromatic heterocycles. The second-order valence-corrected chi connectivity index (χ2v) is 7.23. The lowest BCUT2D eigenvalue weighted by molar-refractivity contribution is 0.429. The van der Waals surface area contributed by atoms with Gasteiger partial charge in [0.05, 0.1) is 12.1 Å². The molecular formula is C23H19FN4OS. The van der Waals surface area contributed by atoms with Crippen molar-refractivity contribution in [3.05, 3.63) is 89.7 Å². The number of aryl methyl sites for hydroxylation is 1. The summed E-state index contributed by atoms with van der Waals surface area (Å²) in [5.41, 5.74) is 3.87. The standard InChI is InChI=1S/C23H19FN4OS/c1-15-6-2-4-8-19(15)25-23(30)27-26-21-18-7-3-5-9-20(18)28(22(21)29)14-16-10-12-17(24)13-11-16/h2-13,29H,14H2,1H3,(H,25,30). The Kier molecular flexibility index (Phi) is 5.54. The molecule has 0 aliphatic rings. The van der Waals surface area contributed by atoms with E-state index in [0.717, 1.165) is 27.7 Å². The van der Waals surface area contributed by atoms with E-state index in [1.807, 2.05) is 55.5 Å². The van der Waals surface area contributed by atoms with Crippen LogP contribution in [0.3, 0.4) is 0 Å². The predicted octanol–water partition coefficient (Wildman–Crippen LogP) is 6.32. The van der Waals surface area contributed by atoms with Crippen LogP contribution in [0.5, 0.6) is 5.88 Å². The number of benzene rings is 3. The van der Waals surface area contributed by atoms with Crippen molar-refractivity contribution in [2.24, 2.45) is 10.2 Å². The molecule has 4 aromatic rings. The summed E-state index contributed by atoms with van der Waals surface area (Å²) in [7, 11) is 0. The molecule has 4 rings (SSSR count). The van der Waals surface area contributed by atoms with Crippen LogP contribution in [0.25, 0.3) is 10.9 Å². The second-order valence-electron chi connectivity index (χ2n) is 6.85. The van der Waals surface area contributed by atoms with Gasteiger partial charge in [-0.05, 0) is 54.5 Å². The van der Waals surface area contributed by atoms with Crippen LogP contribution in [0, 0.1) is 12.7 Å². The molecule has 0 amide bonds. The molecule has 7 heteroatoms. The Labute approximate surface area is 178 Å². The number of azo groups is 1. The highest BCUT2D eigenvalue weighted by Crippen LogP contribution is 2.39. The number of nitrogens with one attached hydrogen (secondary N) is 1. The monoisotopic (exact) mass is 418 g/mol. The number of thiocarbonyl (C=S) groups is 1. The van der Waals surface area contributed by atoms with Gasteiger partial charge in [-0.1, -0.05) is 48.5 Å². The third-order valence-electron chi connectivity index (χ3n) is 4.80. The molecule has 0 spiro atoms. The lowest BCUT2D eigenvalue weighted by atomic mass is 10.2. The van der Waals surface area contributed by atoms with E-state index < -0.39 is 0 Å². The van der Waals surface area contributed by atoms with Gasteiger partial charge in [0.15, 0.2) is 5.69 Å². The van der Waals surface area contributed by atoms with Crippen LogP contribution in [0.1, 0.15) is 11.1 Å². The number of rotatable bonds is 4. The van der Waals surface area contributed by atoms with E-state index >= 15 is 0 Å². The van der Waals surface area contributed by atoms with Crippen LogP contribution in [-0.4, -0.2) is 14.8 Å². The summed E-state index contributed by atoms with van der Waals surface area (Å²) < 4.78 is 14.9. The van der Waals surface area contributed by atoms with Crippen LogP contribution >= 0.6 is 12.2 Å². The zero-order chi connectivity index (χ0) is 21.1. The number of hydrogen-bond acceptors (Lipinski definition) is 3. The fourth-order valence-electron chi connectivity index (χ4n) is 3.25. The summed E-state index contributed by atoms with van der Waals surface area (Å²) in [4.78, 5) is 0. The molecule has 0 bridgehead atoms. The Hall–Kier alpha value is -3.58. The fourth-order valence-corrected chi connectivity index (χ4v) is 3.40. The SMILES string of the molecule is Cc1ccccc1NC(=S)N=Nc1c(O)n(Cc2ccc(F)cc2)c2ccccc12. The molecule has 0 fully saturated rings. The third-order valence-corrected chi connectivity index (χ3v) is 4.98. The summed E-state index contributed by atoms with van der Waals surface area (Å²) in [6.07, 6.45) is 0. The van der Waals surface area contributed by atoms with Crippen molar-refractivity contribution in [2.75, 3.05) is 5.32 Å².